The van der Waals surface area contributed by atoms with Gasteiger partial charge in [0.05, 0.1) is 5.56 Å². The Morgan fingerprint density at radius 1 is 1.11 bits per heavy atom. The molecule has 1 fully saturated rings. The fourth-order valence-electron chi connectivity index (χ4n) is 2.18. The van der Waals surface area contributed by atoms with Crippen LogP contribution in [0.3, 0.4) is 0 Å². The zero-order valence-electron chi connectivity index (χ0n) is 10.5. The number of hydrogen-bond acceptors (Lipinski definition) is 2. The summed E-state index contributed by atoms with van der Waals surface area (Å²) in [5, 5.41) is 10.2. The second kappa shape index (κ2) is 6.20. The Hall–Kier alpha value is -1.07. The Balaban J connectivity index is 0.000000771. The normalized spacial score (nSPS) is 23.4. The molecule has 18 heavy (non-hydrogen) atoms. The zero-order chi connectivity index (χ0) is 13.8. The van der Waals surface area contributed by atoms with Gasteiger partial charge in [0.25, 0.3) is 0 Å². The Morgan fingerprint density at radius 2 is 1.67 bits per heavy atom. The monoisotopic (exact) mass is 261 g/mol. The molecule has 0 saturated carbocycles. The second-order valence-corrected chi connectivity index (χ2v) is 4.36. The predicted molar refractivity (Wildman–Crippen MR) is 64.4 cm³/mol. The molecule has 0 aromatic heterocycles. The number of hydrogen-bond donors (Lipinski definition) is 2. The lowest BCUT2D eigenvalue weighted by Gasteiger charge is -2.15. The highest BCUT2D eigenvalue weighted by molar-refractivity contribution is 5.28. The van der Waals surface area contributed by atoms with Crippen molar-refractivity contribution in [2.24, 2.45) is 5.92 Å². The maximum Gasteiger partial charge on any atom is 0.416 e. The maximum atomic E-state index is 12.4. The molecule has 1 aromatic rings. The Labute approximate surface area is 105 Å². The average molecular weight is 261 g/mol. The van der Waals surface area contributed by atoms with Gasteiger partial charge in [0, 0.05) is 19.6 Å². The lowest BCUT2D eigenvalue weighted by atomic mass is 9.90. The van der Waals surface area contributed by atoms with Gasteiger partial charge in [-0.25, -0.2) is 0 Å². The predicted octanol–water partition coefficient (Wildman–Crippen LogP) is 2.64. The Morgan fingerprint density at radius 3 is 2.06 bits per heavy atom. The average Bonchev–Trinajstić information content (AvgIpc) is 2.77. The van der Waals surface area contributed by atoms with Crippen LogP contribution < -0.4 is 5.32 Å². The molecule has 2 atom stereocenters. The van der Waals surface area contributed by atoms with Gasteiger partial charge in [-0.3, -0.25) is 0 Å². The highest BCUT2D eigenvalue weighted by Gasteiger charge is 2.31. The summed E-state index contributed by atoms with van der Waals surface area (Å²) in [4.78, 5) is 0. The molecule has 102 valence electrons. The molecule has 0 bridgehead atoms. The second-order valence-electron chi connectivity index (χ2n) is 4.36. The van der Waals surface area contributed by atoms with Crippen molar-refractivity contribution in [2.75, 3.05) is 20.2 Å². The Bertz CT molecular complexity index is 361. The standard InChI is InChI=1S/C12H14F3N.CH4O/c1-8-6-16-7-11(8)9-2-4-10(5-3-9)12(13,14)15;1-2/h2-5,8,11,16H,6-7H2,1H3;2H,1H3/t8-,11?;/m1./s1. The van der Waals surface area contributed by atoms with Crippen molar-refractivity contribution < 1.29 is 18.3 Å². The number of aliphatic hydroxyl groups is 1. The summed E-state index contributed by atoms with van der Waals surface area (Å²) >= 11 is 0. The summed E-state index contributed by atoms with van der Waals surface area (Å²) < 4.78 is 37.1. The van der Waals surface area contributed by atoms with Crippen LogP contribution in [0.1, 0.15) is 24.0 Å². The first-order chi connectivity index (χ1) is 8.48. The third-order valence-electron chi connectivity index (χ3n) is 3.18. The molecule has 1 saturated heterocycles. The van der Waals surface area contributed by atoms with Gasteiger partial charge in [-0.15, -0.1) is 0 Å². The van der Waals surface area contributed by atoms with Gasteiger partial charge < -0.3 is 10.4 Å². The van der Waals surface area contributed by atoms with Crippen LogP contribution in [-0.2, 0) is 6.18 Å². The number of aliphatic hydroxyl groups excluding tert-OH is 1. The molecule has 1 aliphatic heterocycles. The first kappa shape index (κ1) is 15.0. The summed E-state index contributed by atoms with van der Waals surface area (Å²) in [5.74, 6) is 0.819. The van der Waals surface area contributed by atoms with E-state index >= 15 is 0 Å². The van der Waals surface area contributed by atoms with Gasteiger partial charge in [0.15, 0.2) is 0 Å². The molecule has 0 spiro atoms. The van der Waals surface area contributed by atoms with Crippen LogP contribution in [0.2, 0.25) is 0 Å². The highest BCUT2D eigenvalue weighted by Crippen LogP contribution is 2.32. The van der Waals surface area contributed by atoms with Crippen LogP contribution in [-0.4, -0.2) is 25.3 Å². The summed E-state index contributed by atoms with van der Waals surface area (Å²) in [5.41, 5.74) is 0.417. The lowest BCUT2D eigenvalue weighted by molar-refractivity contribution is -0.137. The van der Waals surface area contributed by atoms with E-state index in [-0.39, 0.29) is 0 Å². The van der Waals surface area contributed by atoms with Crippen LogP contribution >= 0.6 is 0 Å². The fourth-order valence-corrected chi connectivity index (χ4v) is 2.18. The van der Waals surface area contributed by atoms with E-state index in [0.29, 0.717) is 11.8 Å². The third-order valence-corrected chi connectivity index (χ3v) is 3.18. The minimum absolute atomic E-state index is 0.335. The zero-order valence-corrected chi connectivity index (χ0v) is 10.5. The van der Waals surface area contributed by atoms with E-state index in [1.54, 1.807) is 12.1 Å². The fraction of sp³-hybridized carbons (Fsp3) is 0.538. The molecule has 2 rings (SSSR count). The van der Waals surface area contributed by atoms with Crippen molar-refractivity contribution in [2.45, 2.75) is 19.0 Å². The summed E-state index contributed by atoms with van der Waals surface area (Å²) in [7, 11) is 1.00. The molecule has 1 unspecified atom stereocenters. The first-order valence-corrected chi connectivity index (χ1v) is 5.81. The van der Waals surface area contributed by atoms with Crippen molar-refractivity contribution in [3.63, 3.8) is 0 Å². The van der Waals surface area contributed by atoms with E-state index in [4.69, 9.17) is 5.11 Å². The first-order valence-electron chi connectivity index (χ1n) is 5.81. The van der Waals surface area contributed by atoms with Crippen molar-refractivity contribution in [3.8, 4) is 0 Å². The smallest absolute Gasteiger partial charge is 0.400 e. The van der Waals surface area contributed by atoms with E-state index in [0.717, 1.165) is 25.8 Å². The SMILES string of the molecule is CO.C[C@@H]1CNCC1c1ccc(C(F)(F)F)cc1. The summed E-state index contributed by atoms with van der Waals surface area (Å²) in [6, 6.07) is 5.52. The van der Waals surface area contributed by atoms with Gasteiger partial charge in [-0.1, -0.05) is 19.1 Å². The topological polar surface area (TPSA) is 32.3 Å². The Kier molecular flexibility index (Phi) is 5.16. The highest BCUT2D eigenvalue weighted by atomic mass is 19.4. The van der Waals surface area contributed by atoms with E-state index < -0.39 is 11.7 Å². The van der Waals surface area contributed by atoms with Gasteiger partial charge in [-0.2, -0.15) is 13.2 Å². The number of alkyl halides is 3. The van der Waals surface area contributed by atoms with Crippen molar-refractivity contribution in [3.05, 3.63) is 35.4 Å². The van der Waals surface area contributed by atoms with Crippen LogP contribution in [0.15, 0.2) is 24.3 Å². The largest absolute Gasteiger partial charge is 0.416 e. The summed E-state index contributed by atoms with van der Waals surface area (Å²) in [6.45, 7) is 3.90. The van der Waals surface area contributed by atoms with Crippen LogP contribution in [0.4, 0.5) is 13.2 Å². The van der Waals surface area contributed by atoms with Gasteiger partial charge >= 0.3 is 6.18 Å². The molecule has 1 heterocycles. The van der Waals surface area contributed by atoms with Crippen molar-refractivity contribution in [1.29, 1.82) is 0 Å². The van der Waals surface area contributed by atoms with Crippen LogP contribution in [0.25, 0.3) is 0 Å². The molecular weight excluding hydrogens is 243 g/mol. The molecule has 0 radical (unpaired) electrons. The third kappa shape index (κ3) is 3.46. The number of halogens is 3. The van der Waals surface area contributed by atoms with Crippen LogP contribution in [0.5, 0.6) is 0 Å². The molecule has 1 aliphatic rings. The minimum Gasteiger partial charge on any atom is -0.400 e. The maximum absolute atomic E-state index is 12.4. The summed E-state index contributed by atoms with van der Waals surface area (Å²) in [6.07, 6.45) is -4.24. The molecule has 0 amide bonds. The molecule has 2 nitrogen and oxygen atoms in total. The number of rotatable bonds is 1. The van der Waals surface area contributed by atoms with Crippen LogP contribution in [0, 0.1) is 5.92 Å². The van der Waals surface area contributed by atoms with Gasteiger partial charge in [0.2, 0.25) is 0 Å². The molecule has 0 aliphatic carbocycles. The van der Waals surface area contributed by atoms with Crippen molar-refractivity contribution >= 4 is 0 Å². The molecular formula is C13H18F3NO. The number of nitrogens with one attached hydrogen (secondary N) is 1. The van der Waals surface area contributed by atoms with Crippen molar-refractivity contribution in [1.82, 2.24) is 5.32 Å². The lowest BCUT2D eigenvalue weighted by Crippen LogP contribution is -2.09. The quantitative estimate of drug-likeness (QED) is 0.814. The van der Waals surface area contributed by atoms with E-state index in [1.807, 2.05) is 0 Å². The van der Waals surface area contributed by atoms with Gasteiger partial charge in [-0.05, 0) is 30.2 Å². The molecule has 1 aromatic carbocycles. The van der Waals surface area contributed by atoms with E-state index in [2.05, 4.69) is 12.2 Å². The van der Waals surface area contributed by atoms with E-state index in [1.165, 1.54) is 12.1 Å². The molecule has 2 N–H and O–H groups in total. The minimum atomic E-state index is -4.24. The number of benzene rings is 1. The molecule has 5 heteroatoms. The van der Waals surface area contributed by atoms with Gasteiger partial charge in [0.1, 0.15) is 0 Å². The van der Waals surface area contributed by atoms with E-state index in [9.17, 15) is 13.2 Å².